The third-order valence-corrected chi connectivity index (χ3v) is 2.06. The van der Waals surface area contributed by atoms with Gasteiger partial charge in [-0.2, -0.15) is 0 Å². The SMILES string of the molecule is CC(CNC=O)Nc1ccc(CO)cc1. The lowest BCUT2D eigenvalue weighted by Gasteiger charge is -2.14. The summed E-state index contributed by atoms with van der Waals surface area (Å²) in [7, 11) is 0. The number of hydrogen-bond donors (Lipinski definition) is 3. The maximum absolute atomic E-state index is 10.1. The Labute approximate surface area is 89.3 Å². The number of nitrogens with one attached hydrogen (secondary N) is 2. The highest BCUT2D eigenvalue weighted by Gasteiger charge is 2.00. The molecule has 0 aliphatic rings. The van der Waals surface area contributed by atoms with E-state index in [1.165, 1.54) is 0 Å². The minimum absolute atomic E-state index is 0.0581. The summed E-state index contributed by atoms with van der Waals surface area (Å²) in [4.78, 5) is 10.1. The van der Waals surface area contributed by atoms with E-state index in [0.717, 1.165) is 11.3 Å². The third-order valence-electron chi connectivity index (χ3n) is 2.06. The minimum atomic E-state index is 0.0581. The van der Waals surface area contributed by atoms with Crippen molar-refractivity contribution < 1.29 is 9.90 Å². The lowest BCUT2D eigenvalue weighted by atomic mass is 10.2. The molecule has 0 radical (unpaired) electrons. The van der Waals surface area contributed by atoms with Crippen molar-refractivity contribution in [2.75, 3.05) is 11.9 Å². The van der Waals surface area contributed by atoms with Crippen LogP contribution in [0.25, 0.3) is 0 Å². The van der Waals surface area contributed by atoms with Crippen LogP contribution in [-0.4, -0.2) is 24.1 Å². The van der Waals surface area contributed by atoms with Gasteiger partial charge in [0.15, 0.2) is 0 Å². The summed E-state index contributed by atoms with van der Waals surface area (Å²) >= 11 is 0. The number of carbonyl (C=O) groups excluding carboxylic acids is 1. The summed E-state index contributed by atoms with van der Waals surface area (Å²) in [5.41, 5.74) is 1.87. The van der Waals surface area contributed by atoms with Gasteiger partial charge in [0.1, 0.15) is 0 Å². The number of benzene rings is 1. The van der Waals surface area contributed by atoms with Crippen LogP contribution in [0.5, 0.6) is 0 Å². The van der Waals surface area contributed by atoms with Crippen LogP contribution in [0.15, 0.2) is 24.3 Å². The normalized spacial score (nSPS) is 11.9. The summed E-state index contributed by atoms with van der Waals surface area (Å²) in [5.74, 6) is 0. The Balaban J connectivity index is 2.45. The Morgan fingerprint density at radius 3 is 2.60 bits per heavy atom. The number of hydrogen-bond acceptors (Lipinski definition) is 3. The fourth-order valence-corrected chi connectivity index (χ4v) is 1.27. The standard InChI is InChI=1S/C11H16N2O2/c1-9(6-12-8-15)13-11-4-2-10(7-14)3-5-11/h2-5,8-9,13-14H,6-7H2,1H3,(H,12,15). The average molecular weight is 208 g/mol. The van der Waals surface area contributed by atoms with Gasteiger partial charge in [0, 0.05) is 18.3 Å². The van der Waals surface area contributed by atoms with Gasteiger partial charge in [0.2, 0.25) is 6.41 Å². The van der Waals surface area contributed by atoms with Gasteiger partial charge < -0.3 is 15.7 Å². The second-order valence-corrected chi connectivity index (χ2v) is 3.43. The maximum Gasteiger partial charge on any atom is 0.207 e. The third kappa shape index (κ3) is 3.99. The summed E-state index contributed by atoms with van der Waals surface area (Å²) < 4.78 is 0. The first-order valence-electron chi connectivity index (χ1n) is 4.89. The van der Waals surface area contributed by atoms with Crippen molar-refractivity contribution in [3.05, 3.63) is 29.8 Å². The zero-order chi connectivity index (χ0) is 11.1. The van der Waals surface area contributed by atoms with Gasteiger partial charge >= 0.3 is 0 Å². The van der Waals surface area contributed by atoms with E-state index < -0.39 is 0 Å². The molecule has 0 bridgehead atoms. The van der Waals surface area contributed by atoms with Crippen LogP contribution in [0.2, 0.25) is 0 Å². The second-order valence-electron chi connectivity index (χ2n) is 3.43. The molecule has 0 saturated carbocycles. The molecule has 0 spiro atoms. The molecular weight excluding hydrogens is 192 g/mol. The van der Waals surface area contributed by atoms with Gasteiger partial charge in [-0.3, -0.25) is 4.79 Å². The summed E-state index contributed by atoms with van der Waals surface area (Å²) in [6.07, 6.45) is 0.688. The highest BCUT2D eigenvalue weighted by Crippen LogP contribution is 2.10. The second kappa shape index (κ2) is 6.03. The van der Waals surface area contributed by atoms with Crippen LogP contribution in [0.1, 0.15) is 12.5 Å². The molecule has 3 N–H and O–H groups in total. The molecule has 0 aliphatic heterocycles. The first-order chi connectivity index (χ1) is 7.26. The molecule has 0 aromatic heterocycles. The van der Waals surface area contributed by atoms with Gasteiger partial charge in [0.05, 0.1) is 6.61 Å². The zero-order valence-electron chi connectivity index (χ0n) is 8.73. The number of aliphatic hydroxyl groups is 1. The van der Waals surface area contributed by atoms with Crippen LogP contribution in [-0.2, 0) is 11.4 Å². The van der Waals surface area contributed by atoms with Crippen molar-refractivity contribution in [1.29, 1.82) is 0 Å². The average Bonchev–Trinajstić information content (AvgIpc) is 2.27. The molecule has 1 atom stereocenters. The van der Waals surface area contributed by atoms with E-state index in [9.17, 15) is 4.79 Å². The maximum atomic E-state index is 10.1. The first-order valence-corrected chi connectivity index (χ1v) is 4.89. The van der Waals surface area contributed by atoms with Gasteiger partial charge in [-0.15, -0.1) is 0 Å². The van der Waals surface area contributed by atoms with Gasteiger partial charge in [-0.25, -0.2) is 0 Å². The van der Waals surface area contributed by atoms with Crippen LogP contribution in [0.3, 0.4) is 0 Å². The minimum Gasteiger partial charge on any atom is -0.392 e. The van der Waals surface area contributed by atoms with E-state index in [4.69, 9.17) is 5.11 Å². The zero-order valence-corrected chi connectivity index (χ0v) is 8.73. The van der Waals surface area contributed by atoms with Crippen LogP contribution in [0, 0.1) is 0 Å². The Morgan fingerprint density at radius 2 is 2.07 bits per heavy atom. The molecule has 4 nitrogen and oxygen atoms in total. The molecule has 15 heavy (non-hydrogen) atoms. The van der Waals surface area contributed by atoms with Crippen LogP contribution >= 0.6 is 0 Å². The van der Waals surface area contributed by atoms with E-state index >= 15 is 0 Å². The van der Waals surface area contributed by atoms with E-state index in [1.54, 1.807) is 0 Å². The molecule has 1 aromatic rings. The van der Waals surface area contributed by atoms with E-state index in [1.807, 2.05) is 31.2 Å². The topological polar surface area (TPSA) is 61.4 Å². The molecular formula is C11H16N2O2. The molecule has 82 valence electrons. The Hall–Kier alpha value is -1.55. The summed E-state index contributed by atoms with van der Waals surface area (Å²) in [5, 5.41) is 14.7. The van der Waals surface area contributed by atoms with Crippen molar-refractivity contribution >= 4 is 12.1 Å². The number of amides is 1. The van der Waals surface area contributed by atoms with Gasteiger partial charge in [-0.05, 0) is 24.6 Å². The van der Waals surface area contributed by atoms with Crippen molar-refractivity contribution in [3.63, 3.8) is 0 Å². The monoisotopic (exact) mass is 208 g/mol. The van der Waals surface area contributed by atoms with E-state index in [2.05, 4.69) is 10.6 Å². The molecule has 0 fully saturated rings. The van der Waals surface area contributed by atoms with E-state index in [-0.39, 0.29) is 12.6 Å². The predicted molar refractivity (Wildman–Crippen MR) is 59.5 cm³/mol. The number of aliphatic hydroxyl groups excluding tert-OH is 1. The summed E-state index contributed by atoms with van der Waals surface area (Å²) in [6, 6.07) is 7.71. The van der Waals surface area contributed by atoms with E-state index in [0.29, 0.717) is 13.0 Å². The first kappa shape index (κ1) is 11.5. The highest BCUT2D eigenvalue weighted by atomic mass is 16.3. The highest BCUT2D eigenvalue weighted by molar-refractivity contribution is 5.47. The lowest BCUT2D eigenvalue weighted by Crippen LogP contribution is -2.29. The van der Waals surface area contributed by atoms with Crippen molar-refractivity contribution in [2.45, 2.75) is 19.6 Å². The number of rotatable bonds is 6. The molecule has 1 aromatic carbocycles. The summed E-state index contributed by atoms with van der Waals surface area (Å²) in [6.45, 7) is 2.63. The molecule has 1 unspecified atom stereocenters. The molecule has 0 aliphatic carbocycles. The number of carbonyl (C=O) groups is 1. The fraction of sp³-hybridized carbons (Fsp3) is 0.364. The predicted octanol–water partition coefficient (Wildman–Crippen LogP) is 0.725. The largest absolute Gasteiger partial charge is 0.392 e. The number of anilines is 1. The lowest BCUT2D eigenvalue weighted by molar-refractivity contribution is -0.109. The van der Waals surface area contributed by atoms with Crippen LogP contribution in [0.4, 0.5) is 5.69 Å². The molecule has 0 saturated heterocycles. The molecule has 1 rings (SSSR count). The Bertz CT molecular complexity index is 298. The smallest absolute Gasteiger partial charge is 0.207 e. The van der Waals surface area contributed by atoms with Gasteiger partial charge in [0.25, 0.3) is 0 Å². The molecule has 0 heterocycles. The molecule has 1 amide bonds. The van der Waals surface area contributed by atoms with Crippen LogP contribution < -0.4 is 10.6 Å². The van der Waals surface area contributed by atoms with Gasteiger partial charge in [-0.1, -0.05) is 12.1 Å². The quantitative estimate of drug-likeness (QED) is 0.604. The van der Waals surface area contributed by atoms with Crippen molar-refractivity contribution in [2.24, 2.45) is 0 Å². The Morgan fingerprint density at radius 1 is 1.40 bits per heavy atom. The molecule has 4 heteroatoms. The van der Waals surface area contributed by atoms with Crippen molar-refractivity contribution in [3.8, 4) is 0 Å². The fourth-order valence-electron chi connectivity index (χ4n) is 1.27. The van der Waals surface area contributed by atoms with Crippen molar-refractivity contribution in [1.82, 2.24) is 5.32 Å². The Kier molecular flexibility index (Phi) is 4.63.